The zero-order chi connectivity index (χ0) is 17.9. The molecule has 126 valence electrons. The van der Waals surface area contributed by atoms with E-state index in [0.29, 0.717) is 0 Å². The lowest BCUT2D eigenvalue weighted by atomic mass is 10.1. The van der Waals surface area contributed by atoms with Gasteiger partial charge in [0.2, 0.25) is 0 Å². The first-order valence-electron chi connectivity index (χ1n) is 7.50. The predicted octanol–water partition coefficient (Wildman–Crippen LogP) is 2.68. The van der Waals surface area contributed by atoms with Crippen LogP contribution in [0.1, 0.15) is 26.3 Å². The average Bonchev–Trinajstić information content (AvgIpc) is 2.48. The summed E-state index contributed by atoms with van der Waals surface area (Å²) in [6.45, 7) is 9.72. The van der Waals surface area contributed by atoms with Gasteiger partial charge in [-0.1, -0.05) is 18.2 Å². The molecular formula is C18H20N2O3S. The van der Waals surface area contributed by atoms with Gasteiger partial charge in [0, 0.05) is 6.54 Å². The highest BCUT2D eigenvalue weighted by Crippen LogP contribution is 2.20. The smallest absolute Gasteiger partial charge is 0.265 e. The minimum atomic E-state index is -0.500. The Morgan fingerprint density at radius 2 is 1.88 bits per heavy atom. The Morgan fingerprint density at radius 1 is 1.25 bits per heavy atom. The van der Waals surface area contributed by atoms with Crippen molar-refractivity contribution in [1.29, 1.82) is 0 Å². The average molecular weight is 344 g/mol. The van der Waals surface area contributed by atoms with E-state index in [1.165, 1.54) is 11.0 Å². The topological polar surface area (TPSA) is 58.6 Å². The maximum Gasteiger partial charge on any atom is 0.265 e. The molecule has 1 aromatic rings. The molecule has 0 bridgehead atoms. The molecule has 0 aliphatic carbocycles. The van der Waals surface area contributed by atoms with Crippen LogP contribution in [0, 0.1) is 0 Å². The third-order valence-electron chi connectivity index (χ3n) is 3.11. The zero-order valence-corrected chi connectivity index (χ0v) is 14.8. The largest absolute Gasteiger partial charge is 0.488 e. The van der Waals surface area contributed by atoms with Gasteiger partial charge in [-0.2, -0.15) is 0 Å². The summed E-state index contributed by atoms with van der Waals surface area (Å²) in [5.74, 6) is -0.211. The normalized spacial score (nSPS) is 17.0. The molecule has 1 aliphatic heterocycles. The van der Waals surface area contributed by atoms with Crippen molar-refractivity contribution in [2.75, 3.05) is 6.54 Å². The number of nitrogens with one attached hydrogen (secondary N) is 1. The molecule has 1 heterocycles. The van der Waals surface area contributed by atoms with Gasteiger partial charge in [0.25, 0.3) is 11.8 Å². The predicted molar refractivity (Wildman–Crippen MR) is 97.5 cm³/mol. The van der Waals surface area contributed by atoms with Crippen molar-refractivity contribution in [3.63, 3.8) is 0 Å². The van der Waals surface area contributed by atoms with E-state index in [-0.39, 0.29) is 22.8 Å². The van der Waals surface area contributed by atoms with Gasteiger partial charge in [-0.05, 0) is 56.8 Å². The van der Waals surface area contributed by atoms with Gasteiger partial charge >= 0.3 is 0 Å². The number of rotatable bonds is 4. The summed E-state index contributed by atoms with van der Waals surface area (Å²) in [4.78, 5) is 25.8. The number of ether oxygens (including phenoxy) is 1. The molecule has 2 amide bonds. The lowest BCUT2D eigenvalue weighted by Crippen LogP contribution is -2.53. The summed E-state index contributed by atoms with van der Waals surface area (Å²) in [7, 11) is 0. The van der Waals surface area contributed by atoms with Crippen LogP contribution >= 0.6 is 12.2 Å². The fourth-order valence-corrected chi connectivity index (χ4v) is 2.39. The Kier molecular flexibility index (Phi) is 5.19. The van der Waals surface area contributed by atoms with Crippen molar-refractivity contribution >= 4 is 35.2 Å². The zero-order valence-electron chi connectivity index (χ0n) is 14.0. The molecule has 0 atom stereocenters. The minimum absolute atomic E-state index is 0.0370. The first-order chi connectivity index (χ1) is 11.2. The van der Waals surface area contributed by atoms with Crippen LogP contribution in [0.2, 0.25) is 0 Å². The minimum Gasteiger partial charge on any atom is -0.488 e. The van der Waals surface area contributed by atoms with Gasteiger partial charge in [-0.15, -0.1) is 6.58 Å². The number of hydrogen-bond acceptors (Lipinski definition) is 4. The highest BCUT2D eigenvalue weighted by Gasteiger charge is 2.32. The molecule has 5 nitrogen and oxygen atoms in total. The molecule has 0 saturated carbocycles. The maximum absolute atomic E-state index is 12.4. The molecule has 1 saturated heterocycles. The van der Waals surface area contributed by atoms with Gasteiger partial charge in [0.05, 0.1) is 0 Å². The Morgan fingerprint density at radius 3 is 2.42 bits per heavy atom. The van der Waals surface area contributed by atoms with E-state index in [1.54, 1.807) is 30.3 Å². The number of benzene rings is 1. The molecule has 0 aromatic heterocycles. The number of amides is 2. The number of nitrogens with zero attached hydrogens (tertiary/aromatic N) is 1. The maximum atomic E-state index is 12.4. The Bertz CT molecular complexity index is 715. The summed E-state index contributed by atoms with van der Waals surface area (Å²) in [5.41, 5.74) is 0.469. The number of thiocarbonyl (C=S) groups is 1. The Balaban J connectivity index is 2.25. The van der Waals surface area contributed by atoms with E-state index in [2.05, 4.69) is 11.9 Å². The van der Waals surface area contributed by atoms with E-state index < -0.39 is 11.8 Å². The van der Waals surface area contributed by atoms with Crippen LogP contribution in [0.4, 0.5) is 0 Å². The monoisotopic (exact) mass is 344 g/mol. The lowest BCUT2D eigenvalue weighted by molar-refractivity contribution is -0.128. The molecule has 24 heavy (non-hydrogen) atoms. The fraction of sp³-hybridized carbons (Fsp3) is 0.278. The summed E-state index contributed by atoms with van der Waals surface area (Å²) in [6, 6.07) is 7.18. The number of carbonyl (C=O) groups is 2. The van der Waals surface area contributed by atoms with Gasteiger partial charge < -0.3 is 4.74 Å². The molecule has 0 spiro atoms. The van der Waals surface area contributed by atoms with Gasteiger partial charge in [-0.3, -0.25) is 19.8 Å². The second kappa shape index (κ2) is 6.97. The number of hydrogen-bond donors (Lipinski definition) is 1. The molecule has 1 aliphatic rings. The first-order valence-corrected chi connectivity index (χ1v) is 7.91. The van der Waals surface area contributed by atoms with Crippen LogP contribution in [0.25, 0.3) is 6.08 Å². The van der Waals surface area contributed by atoms with Gasteiger partial charge in [0.1, 0.15) is 16.9 Å². The lowest BCUT2D eigenvalue weighted by Gasteiger charge is -2.27. The van der Waals surface area contributed by atoms with Crippen LogP contribution in [-0.4, -0.2) is 34.0 Å². The third kappa shape index (κ3) is 4.29. The Hall–Kier alpha value is -2.47. The number of carbonyl (C=O) groups excluding carboxylic acids is 2. The van der Waals surface area contributed by atoms with Crippen molar-refractivity contribution in [1.82, 2.24) is 10.2 Å². The van der Waals surface area contributed by atoms with Crippen molar-refractivity contribution in [2.24, 2.45) is 0 Å². The summed E-state index contributed by atoms with van der Waals surface area (Å²) >= 11 is 5.01. The Labute approximate surface area is 147 Å². The first kappa shape index (κ1) is 17.9. The summed E-state index contributed by atoms with van der Waals surface area (Å²) in [5, 5.41) is 2.61. The van der Waals surface area contributed by atoms with E-state index in [0.717, 1.165) is 11.3 Å². The van der Waals surface area contributed by atoms with E-state index in [1.807, 2.05) is 20.8 Å². The van der Waals surface area contributed by atoms with Gasteiger partial charge in [-0.25, -0.2) is 0 Å². The van der Waals surface area contributed by atoms with Crippen LogP contribution < -0.4 is 10.1 Å². The SMILES string of the molecule is C=CCN1C(=O)C(=Cc2ccc(OC(C)(C)C)cc2)C(=O)NC1=S. The van der Waals surface area contributed by atoms with E-state index >= 15 is 0 Å². The van der Waals surface area contributed by atoms with Crippen LogP contribution in [0.5, 0.6) is 5.75 Å². The van der Waals surface area contributed by atoms with Crippen LogP contribution in [0.15, 0.2) is 42.5 Å². The van der Waals surface area contributed by atoms with Crippen molar-refractivity contribution < 1.29 is 14.3 Å². The van der Waals surface area contributed by atoms with Crippen LogP contribution in [-0.2, 0) is 9.59 Å². The summed E-state index contributed by atoms with van der Waals surface area (Å²) < 4.78 is 5.75. The second-order valence-electron chi connectivity index (χ2n) is 6.31. The van der Waals surface area contributed by atoms with Gasteiger partial charge in [0.15, 0.2) is 5.11 Å². The molecule has 6 heteroatoms. The van der Waals surface area contributed by atoms with E-state index in [9.17, 15) is 9.59 Å². The molecular weight excluding hydrogens is 324 g/mol. The molecule has 0 radical (unpaired) electrons. The van der Waals surface area contributed by atoms with E-state index in [4.69, 9.17) is 17.0 Å². The van der Waals surface area contributed by atoms with Crippen LogP contribution in [0.3, 0.4) is 0 Å². The molecule has 1 fully saturated rings. The van der Waals surface area contributed by atoms with Crippen molar-refractivity contribution in [3.05, 3.63) is 48.1 Å². The fourth-order valence-electron chi connectivity index (χ4n) is 2.14. The molecule has 2 rings (SSSR count). The third-order valence-corrected chi connectivity index (χ3v) is 3.44. The highest BCUT2D eigenvalue weighted by atomic mass is 32.1. The highest BCUT2D eigenvalue weighted by molar-refractivity contribution is 7.80. The molecule has 1 N–H and O–H groups in total. The van der Waals surface area contributed by atoms with Crippen molar-refractivity contribution in [3.8, 4) is 5.75 Å². The molecule has 0 unspecified atom stereocenters. The second-order valence-corrected chi connectivity index (χ2v) is 6.69. The van der Waals surface area contributed by atoms with Crippen molar-refractivity contribution in [2.45, 2.75) is 26.4 Å². The quantitative estimate of drug-likeness (QED) is 0.395. The molecule has 1 aromatic carbocycles. The summed E-state index contributed by atoms with van der Waals surface area (Å²) in [6.07, 6.45) is 3.09. The standard InChI is InChI=1S/C18H20N2O3S/c1-5-10-20-16(22)14(15(21)19-17(20)24)11-12-6-8-13(9-7-12)23-18(2,3)4/h5-9,11H,1,10H2,2-4H3,(H,19,21,24).